The van der Waals surface area contributed by atoms with Crippen molar-refractivity contribution in [1.29, 1.82) is 0 Å². The Morgan fingerprint density at radius 2 is 2.05 bits per heavy atom. The van der Waals surface area contributed by atoms with Gasteiger partial charge in [-0.3, -0.25) is 4.79 Å². The molecule has 0 aromatic heterocycles. The number of primary amides is 1. The highest BCUT2D eigenvalue weighted by Gasteiger charge is 2.31. The van der Waals surface area contributed by atoms with Crippen LogP contribution >= 0.6 is 0 Å². The molecular weight excluding hydrogens is 258 g/mol. The minimum absolute atomic E-state index is 0.0175. The van der Waals surface area contributed by atoms with Crippen molar-refractivity contribution in [3.8, 4) is 0 Å². The zero-order valence-electron chi connectivity index (χ0n) is 12.6. The van der Waals surface area contributed by atoms with Gasteiger partial charge in [0.05, 0.1) is 6.10 Å². The number of rotatable bonds is 5. The van der Waals surface area contributed by atoms with Gasteiger partial charge in [0, 0.05) is 25.0 Å². The van der Waals surface area contributed by atoms with Crippen molar-refractivity contribution in [3.05, 3.63) is 0 Å². The summed E-state index contributed by atoms with van der Waals surface area (Å²) in [6.45, 7) is 6.61. The normalized spacial score (nSPS) is 24.6. The first-order valence-electron chi connectivity index (χ1n) is 7.36. The molecular formula is C14H27N3O3. The monoisotopic (exact) mass is 285 g/mol. The molecule has 1 aliphatic rings. The minimum atomic E-state index is -0.468. The lowest BCUT2D eigenvalue weighted by Crippen LogP contribution is -2.54. The second kappa shape index (κ2) is 7.47. The predicted octanol–water partition coefficient (Wildman–Crippen LogP) is 0.689. The Balaban J connectivity index is 2.65. The molecule has 116 valence electrons. The van der Waals surface area contributed by atoms with Gasteiger partial charge in [-0.15, -0.1) is 0 Å². The molecule has 3 amide bonds. The van der Waals surface area contributed by atoms with E-state index in [9.17, 15) is 14.7 Å². The van der Waals surface area contributed by atoms with Crippen LogP contribution in [-0.2, 0) is 4.79 Å². The van der Waals surface area contributed by atoms with Crippen molar-refractivity contribution < 1.29 is 14.7 Å². The quantitative estimate of drug-likeness (QED) is 0.693. The van der Waals surface area contributed by atoms with Crippen molar-refractivity contribution >= 4 is 11.9 Å². The number of amides is 3. The number of carbonyl (C=O) groups excluding carboxylic acids is 2. The van der Waals surface area contributed by atoms with E-state index in [1.165, 1.54) is 0 Å². The summed E-state index contributed by atoms with van der Waals surface area (Å²) in [5, 5.41) is 12.7. The molecule has 0 saturated carbocycles. The Labute approximate surface area is 120 Å². The van der Waals surface area contributed by atoms with Gasteiger partial charge in [-0.1, -0.05) is 20.8 Å². The summed E-state index contributed by atoms with van der Waals surface area (Å²) in [7, 11) is 0. The van der Waals surface area contributed by atoms with E-state index < -0.39 is 6.03 Å². The molecule has 6 heteroatoms. The SMILES string of the molecule is CCC(O)CC1CC(NC(=O)C(C)C)CN(C(N)=O)C1. The van der Waals surface area contributed by atoms with Gasteiger partial charge < -0.3 is 21.1 Å². The second-order valence-electron chi connectivity index (χ2n) is 6.00. The van der Waals surface area contributed by atoms with Crippen LogP contribution in [0.4, 0.5) is 4.79 Å². The number of piperidine rings is 1. The molecule has 3 unspecified atom stereocenters. The summed E-state index contributed by atoms with van der Waals surface area (Å²) in [6.07, 6.45) is 1.73. The first kappa shape index (κ1) is 16.8. The van der Waals surface area contributed by atoms with Crippen LogP contribution in [-0.4, -0.2) is 47.2 Å². The van der Waals surface area contributed by atoms with Crippen LogP contribution in [0.1, 0.15) is 40.0 Å². The number of likely N-dealkylation sites (tertiary alicyclic amines) is 1. The Morgan fingerprint density at radius 3 is 2.55 bits per heavy atom. The molecule has 1 fully saturated rings. The van der Waals surface area contributed by atoms with Gasteiger partial charge in [-0.05, 0) is 25.2 Å². The molecule has 3 atom stereocenters. The Kier molecular flexibility index (Phi) is 6.26. The van der Waals surface area contributed by atoms with Crippen LogP contribution in [0, 0.1) is 11.8 Å². The minimum Gasteiger partial charge on any atom is -0.393 e. The lowest BCUT2D eigenvalue weighted by Gasteiger charge is -2.38. The van der Waals surface area contributed by atoms with E-state index in [1.54, 1.807) is 4.90 Å². The van der Waals surface area contributed by atoms with Crippen molar-refractivity contribution in [2.45, 2.75) is 52.2 Å². The van der Waals surface area contributed by atoms with Gasteiger partial charge in [0.2, 0.25) is 5.91 Å². The molecule has 0 aromatic rings. The zero-order valence-corrected chi connectivity index (χ0v) is 12.6. The van der Waals surface area contributed by atoms with Gasteiger partial charge in [0.1, 0.15) is 0 Å². The highest BCUT2D eigenvalue weighted by Crippen LogP contribution is 2.22. The first-order chi connectivity index (χ1) is 9.33. The fourth-order valence-corrected chi connectivity index (χ4v) is 2.58. The standard InChI is InChI=1S/C14H27N3O3/c1-4-12(18)6-10-5-11(16-13(19)9(2)3)8-17(7-10)14(15)20/h9-12,18H,4-8H2,1-3H3,(H2,15,20)(H,16,19). The van der Waals surface area contributed by atoms with E-state index >= 15 is 0 Å². The number of nitrogens with zero attached hydrogens (tertiary/aromatic N) is 1. The van der Waals surface area contributed by atoms with Crippen LogP contribution in [0.5, 0.6) is 0 Å². The van der Waals surface area contributed by atoms with Crippen molar-refractivity contribution in [2.75, 3.05) is 13.1 Å². The summed E-state index contributed by atoms with van der Waals surface area (Å²) >= 11 is 0. The summed E-state index contributed by atoms with van der Waals surface area (Å²) in [4.78, 5) is 24.7. The highest BCUT2D eigenvalue weighted by molar-refractivity contribution is 5.78. The van der Waals surface area contributed by atoms with E-state index in [2.05, 4.69) is 5.32 Å². The van der Waals surface area contributed by atoms with E-state index in [4.69, 9.17) is 5.73 Å². The summed E-state index contributed by atoms with van der Waals surface area (Å²) in [6, 6.07) is -0.551. The van der Waals surface area contributed by atoms with Crippen molar-refractivity contribution in [1.82, 2.24) is 10.2 Å². The number of urea groups is 1. The average Bonchev–Trinajstić information content (AvgIpc) is 2.37. The molecule has 1 aliphatic heterocycles. The third kappa shape index (κ3) is 5.00. The van der Waals surface area contributed by atoms with Gasteiger partial charge in [-0.25, -0.2) is 4.79 Å². The second-order valence-corrected chi connectivity index (χ2v) is 6.00. The van der Waals surface area contributed by atoms with Crippen LogP contribution < -0.4 is 11.1 Å². The number of nitrogens with two attached hydrogens (primary N) is 1. The molecule has 1 saturated heterocycles. The maximum absolute atomic E-state index is 11.8. The maximum Gasteiger partial charge on any atom is 0.314 e. The maximum atomic E-state index is 11.8. The molecule has 1 heterocycles. The Bertz CT molecular complexity index is 347. The van der Waals surface area contributed by atoms with Crippen LogP contribution in [0.2, 0.25) is 0 Å². The molecule has 1 rings (SSSR count). The van der Waals surface area contributed by atoms with E-state index in [1.807, 2.05) is 20.8 Å². The molecule has 0 bridgehead atoms. The topological polar surface area (TPSA) is 95.7 Å². The fraction of sp³-hybridized carbons (Fsp3) is 0.857. The third-order valence-corrected chi connectivity index (χ3v) is 3.80. The van der Waals surface area contributed by atoms with Crippen LogP contribution in [0.15, 0.2) is 0 Å². The van der Waals surface area contributed by atoms with E-state index in [-0.39, 0.29) is 29.9 Å². The fourth-order valence-electron chi connectivity index (χ4n) is 2.58. The summed E-state index contributed by atoms with van der Waals surface area (Å²) in [5.74, 6) is 0.0680. The van der Waals surface area contributed by atoms with Crippen molar-refractivity contribution in [2.24, 2.45) is 17.6 Å². The molecule has 0 aliphatic carbocycles. The molecule has 6 nitrogen and oxygen atoms in total. The average molecular weight is 285 g/mol. The zero-order chi connectivity index (χ0) is 15.3. The Hall–Kier alpha value is -1.30. The smallest absolute Gasteiger partial charge is 0.314 e. The van der Waals surface area contributed by atoms with Crippen LogP contribution in [0.25, 0.3) is 0 Å². The largest absolute Gasteiger partial charge is 0.393 e. The number of aliphatic hydroxyl groups excluding tert-OH is 1. The van der Waals surface area contributed by atoms with Gasteiger partial charge in [0.15, 0.2) is 0 Å². The number of aliphatic hydroxyl groups is 1. The van der Waals surface area contributed by atoms with E-state index in [0.717, 1.165) is 6.42 Å². The van der Waals surface area contributed by atoms with Gasteiger partial charge in [0.25, 0.3) is 0 Å². The van der Waals surface area contributed by atoms with Gasteiger partial charge >= 0.3 is 6.03 Å². The number of nitrogens with one attached hydrogen (secondary N) is 1. The number of hydrogen-bond donors (Lipinski definition) is 3. The summed E-state index contributed by atoms with van der Waals surface area (Å²) in [5.41, 5.74) is 5.36. The van der Waals surface area contributed by atoms with Crippen molar-refractivity contribution in [3.63, 3.8) is 0 Å². The first-order valence-corrected chi connectivity index (χ1v) is 7.36. The van der Waals surface area contributed by atoms with Gasteiger partial charge in [-0.2, -0.15) is 0 Å². The third-order valence-electron chi connectivity index (χ3n) is 3.80. The molecule has 0 radical (unpaired) electrons. The lowest BCUT2D eigenvalue weighted by molar-refractivity contribution is -0.125. The highest BCUT2D eigenvalue weighted by atomic mass is 16.3. The molecule has 0 aromatic carbocycles. The molecule has 0 spiro atoms. The van der Waals surface area contributed by atoms with E-state index in [0.29, 0.717) is 25.9 Å². The number of hydrogen-bond acceptors (Lipinski definition) is 3. The molecule has 20 heavy (non-hydrogen) atoms. The molecule has 4 N–H and O–H groups in total. The number of carbonyl (C=O) groups is 2. The lowest BCUT2D eigenvalue weighted by atomic mass is 9.89. The van der Waals surface area contributed by atoms with Crippen LogP contribution in [0.3, 0.4) is 0 Å². The summed E-state index contributed by atoms with van der Waals surface area (Å²) < 4.78 is 0. The predicted molar refractivity (Wildman–Crippen MR) is 76.9 cm³/mol. The Morgan fingerprint density at radius 1 is 1.40 bits per heavy atom.